The molecule has 1 saturated carbocycles. The van der Waals surface area contributed by atoms with E-state index in [2.05, 4.69) is 13.8 Å². The lowest BCUT2D eigenvalue weighted by atomic mass is 9.62. The van der Waals surface area contributed by atoms with Gasteiger partial charge in [-0.15, -0.1) is 0 Å². The molecule has 0 N–H and O–H groups in total. The highest BCUT2D eigenvalue weighted by molar-refractivity contribution is 6.14. The zero-order valence-electron chi connectivity index (χ0n) is 10.7. The molecule has 2 radical (unpaired) electrons. The van der Waals surface area contributed by atoms with E-state index < -0.39 is 0 Å². The van der Waals surface area contributed by atoms with Crippen LogP contribution in [0.5, 0.6) is 0 Å². The van der Waals surface area contributed by atoms with Crippen molar-refractivity contribution in [3.05, 3.63) is 0 Å². The molecule has 0 aromatic rings. The van der Waals surface area contributed by atoms with E-state index in [0.29, 0.717) is 0 Å². The van der Waals surface area contributed by atoms with Crippen LogP contribution in [0.1, 0.15) is 78.1 Å². The zero-order valence-corrected chi connectivity index (χ0v) is 10.7. The second-order valence-electron chi connectivity index (χ2n) is 5.98. The summed E-state index contributed by atoms with van der Waals surface area (Å²) < 4.78 is 0. The average molecular weight is 206 g/mol. The van der Waals surface area contributed by atoms with Gasteiger partial charge in [-0.1, -0.05) is 83.4 Å². The molecule has 1 aliphatic carbocycles. The van der Waals surface area contributed by atoms with Crippen molar-refractivity contribution in [3.63, 3.8) is 0 Å². The van der Waals surface area contributed by atoms with E-state index in [0.717, 1.165) is 5.92 Å². The van der Waals surface area contributed by atoms with Crippen LogP contribution < -0.4 is 0 Å². The molecule has 0 saturated heterocycles. The minimum atomic E-state index is 0.0958. The summed E-state index contributed by atoms with van der Waals surface area (Å²) in [7, 11) is 6.35. The molecular weight excluding hydrogens is 179 g/mol. The summed E-state index contributed by atoms with van der Waals surface area (Å²) >= 11 is 0. The molecular formula is C14H27B. The molecule has 15 heavy (non-hydrogen) atoms. The van der Waals surface area contributed by atoms with Gasteiger partial charge in [-0.25, -0.2) is 0 Å². The Morgan fingerprint density at radius 3 is 2.13 bits per heavy atom. The van der Waals surface area contributed by atoms with Crippen LogP contribution in [0.4, 0.5) is 0 Å². The van der Waals surface area contributed by atoms with Crippen LogP contribution in [0.25, 0.3) is 0 Å². The molecule has 2 unspecified atom stereocenters. The molecule has 0 heterocycles. The third-order valence-electron chi connectivity index (χ3n) is 3.76. The standard InChI is InChI=1S/C14H27B/c1-13-10-8-6-4-3-5-7-9-11-14(2,15)12-13/h13H,3-12H2,1-2H3. The Labute approximate surface area is 97.6 Å². The average Bonchev–Trinajstić information content (AvgIpc) is 2.12. The van der Waals surface area contributed by atoms with Crippen LogP contribution in [0.3, 0.4) is 0 Å². The molecule has 1 rings (SSSR count). The van der Waals surface area contributed by atoms with Crippen LogP contribution in [-0.2, 0) is 0 Å². The first kappa shape index (κ1) is 13.1. The first-order valence-electron chi connectivity index (χ1n) is 6.89. The van der Waals surface area contributed by atoms with Crippen molar-refractivity contribution >= 4 is 7.85 Å². The number of hydrogen-bond donors (Lipinski definition) is 0. The molecule has 2 atom stereocenters. The fourth-order valence-electron chi connectivity index (χ4n) is 2.91. The second kappa shape index (κ2) is 6.61. The van der Waals surface area contributed by atoms with Gasteiger partial charge < -0.3 is 0 Å². The van der Waals surface area contributed by atoms with Crippen LogP contribution in [-0.4, -0.2) is 7.85 Å². The summed E-state index contributed by atoms with van der Waals surface area (Å²) in [5, 5.41) is 0.0958. The molecule has 0 amide bonds. The van der Waals surface area contributed by atoms with E-state index in [-0.39, 0.29) is 5.31 Å². The summed E-state index contributed by atoms with van der Waals surface area (Å²) in [5.74, 6) is 0.819. The highest BCUT2D eigenvalue weighted by atomic mass is 14.2. The lowest BCUT2D eigenvalue weighted by Gasteiger charge is -2.29. The van der Waals surface area contributed by atoms with Gasteiger partial charge in [0.2, 0.25) is 0 Å². The topological polar surface area (TPSA) is 0 Å². The molecule has 1 fully saturated rings. The fourth-order valence-corrected chi connectivity index (χ4v) is 2.91. The fraction of sp³-hybridized carbons (Fsp3) is 1.00. The first-order valence-corrected chi connectivity index (χ1v) is 6.89. The molecule has 1 aliphatic rings. The largest absolute Gasteiger partial charge is 0.0742 e. The maximum Gasteiger partial charge on any atom is 0.0742 e. The zero-order chi connectivity index (χ0) is 11.1. The molecule has 0 aromatic heterocycles. The van der Waals surface area contributed by atoms with Gasteiger partial charge in [0, 0.05) is 0 Å². The molecule has 0 aromatic carbocycles. The van der Waals surface area contributed by atoms with E-state index in [9.17, 15) is 0 Å². The third kappa shape index (κ3) is 6.27. The first-order chi connectivity index (χ1) is 7.10. The Hall–Kier alpha value is 0.0649. The SMILES string of the molecule is [B]C1(C)CCCCCCCCCC(C)C1. The molecule has 86 valence electrons. The summed E-state index contributed by atoms with van der Waals surface area (Å²) in [4.78, 5) is 0. The van der Waals surface area contributed by atoms with Crippen molar-refractivity contribution in [1.29, 1.82) is 0 Å². The quantitative estimate of drug-likeness (QED) is 0.495. The monoisotopic (exact) mass is 206 g/mol. The van der Waals surface area contributed by atoms with Crippen LogP contribution in [0.15, 0.2) is 0 Å². The highest BCUT2D eigenvalue weighted by Gasteiger charge is 2.20. The second-order valence-corrected chi connectivity index (χ2v) is 5.98. The van der Waals surface area contributed by atoms with Gasteiger partial charge in [-0.2, -0.15) is 0 Å². The number of hydrogen-bond acceptors (Lipinski definition) is 0. The van der Waals surface area contributed by atoms with E-state index in [1.807, 2.05) is 0 Å². The minimum absolute atomic E-state index is 0.0958. The van der Waals surface area contributed by atoms with Gasteiger partial charge in [-0.05, 0) is 5.92 Å². The van der Waals surface area contributed by atoms with Crippen molar-refractivity contribution in [3.8, 4) is 0 Å². The van der Waals surface area contributed by atoms with Crippen molar-refractivity contribution in [1.82, 2.24) is 0 Å². The molecule has 0 spiro atoms. The molecule has 0 bridgehead atoms. The summed E-state index contributed by atoms with van der Waals surface area (Å²) in [6.45, 7) is 4.62. The summed E-state index contributed by atoms with van der Waals surface area (Å²) in [5.41, 5.74) is 0. The lowest BCUT2D eigenvalue weighted by Crippen LogP contribution is -2.13. The van der Waals surface area contributed by atoms with E-state index in [4.69, 9.17) is 7.85 Å². The van der Waals surface area contributed by atoms with Gasteiger partial charge in [-0.3, -0.25) is 0 Å². The van der Waals surface area contributed by atoms with Gasteiger partial charge >= 0.3 is 0 Å². The van der Waals surface area contributed by atoms with Gasteiger partial charge in [0.05, 0.1) is 7.85 Å². The summed E-state index contributed by atoms with van der Waals surface area (Å²) in [6, 6.07) is 0. The lowest BCUT2D eigenvalue weighted by molar-refractivity contribution is 0.363. The normalized spacial score (nSPS) is 36.5. The van der Waals surface area contributed by atoms with Crippen molar-refractivity contribution in [2.45, 2.75) is 83.4 Å². The van der Waals surface area contributed by atoms with Crippen molar-refractivity contribution in [2.24, 2.45) is 5.92 Å². The highest BCUT2D eigenvalue weighted by Crippen LogP contribution is 2.37. The molecule has 0 aliphatic heterocycles. The minimum Gasteiger partial charge on any atom is -0.0686 e. The molecule has 0 nitrogen and oxygen atoms in total. The van der Waals surface area contributed by atoms with Gasteiger partial charge in [0.1, 0.15) is 0 Å². The van der Waals surface area contributed by atoms with Gasteiger partial charge in [0.15, 0.2) is 0 Å². The van der Waals surface area contributed by atoms with E-state index in [1.165, 1.54) is 64.2 Å². The Balaban J connectivity index is 2.36. The Morgan fingerprint density at radius 2 is 1.47 bits per heavy atom. The Kier molecular flexibility index (Phi) is 5.78. The van der Waals surface area contributed by atoms with E-state index in [1.54, 1.807) is 0 Å². The maximum absolute atomic E-state index is 6.35. The van der Waals surface area contributed by atoms with E-state index >= 15 is 0 Å². The van der Waals surface area contributed by atoms with Crippen molar-refractivity contribution < 1.29 is 0 Å². The Morgan fingerprint density at radius 1 is 0.933 bits per heavy atom. The third-order valence-corrected chi connectivity index (χ3v) is 3.76. The predicted octanol–water partition coefficient (Wildman–Crippen LogP) is 4.88. The smallest absolute Gasteiger partial charge is 0.0686 e. The predicted molar refractivity (Wildman–Crippen MR) is 69.5 cm³/mol. The number of rotatable bonds is 0. The summed E-state index contributed by atoms with van der Waals surface area (Å²) in [6.07, 6.45) is 13.7. The maximum atomic E-state index is 6.35. The van der Waals surface area contributed by atoms with Crippen molar-refractivity contribution in [2.75, 3.05) is 0 Å². The molecule has 1 heteroatoms. The van der Waals surface area contributed by atoms with Crippen LogP contribution in [0.2, 0.25) is 5.31 Å². The van der Waals surface area contributed by atoms with Gasteiger partial charge in [0.25, 0.3) is 0 Å². The van der Waals surface area contributed by atoms with Crippen LogP contribution in [0, 0.1) is 5.92 Å². The Bertz CT molecular complexity index is 163. The van der Waals surface area contributed by atoms with Crippen LogP contribution >= 0.6 is 0 Å².